The minimum Gasteiger partial charge on any atom is -0.497 e. The number of hydrogen-bond donors (Lipinski definition) is 1. The lowest BCUT2D eigenvalue weighted by Crippen LogP contribution is -2.45. The molecular formula is C16H23NO3. The molecule has 1 aliphatic heterocycles. The monoisotopic (exact) mass is 277 g/mol. The Bertz CT molecular complexity index is 451. The first-order valence-corrected chi connectivity index (χ1v) is 7.24. The summed E-state index contributed by atoms with van der Waals surface area (Å²) in [5, 5.41) is 9.35. The molecule has 1 aromatic rings. The maximum atomic E-state index is 11.4. The molecule has 0 saturated carbocycles. The summed E-state index contributed by atoms with van der Waals surface area (Å²) in [4.78, 5) is 13.7. The number of rotatable bonds is 6. The lowest BCUT2D eigenvalue weighted by atomic mass is 9.82. The average Bonchev–Trinajstić information content (AvgIpc) is 2.99. The Labute approximate surface area is 120 Å². The van der Waals surface area contributed by atoms with Gasteiger partial charge in [0.25, 0.3) is 0 Å². The van der Waals surface area contributed by atoms with Crippen molar-refractivity contribution >= 4 is 5.97 Å². The molecule has 1 aromatic carbocycles. The summed E-state index contributed by atoms with van der Waals surface area (Å²) >= 11 is 0. The van der Waals surface area contributed by atoms with Crippen LogP contribution >= 0.6 is 0 Å². The number of methoxy groups -OCH3 is 1. The largest absolute Gasteiger partial charge is 0.497 e. The van der Waals surface area contributed by atoms with E-state index in [1.165, 1.54) is 0 Å². The summed E-state index contributed by atoms with van der Waals surface area (Å²) in [6.07, 6.45) is 3.25. The predicted molar refractivity (Wildman–Crippen MR) is 78.0 cm³/mol. The van der Waals surface area contributed by atoms with Gasteiger partial charge in [-0.3, -0.25) is 9.69 Å². The molecule has 0 radical (unpaired) electrons. The van der Waals surface area contributed by atoms with Crippen LogP contribution in [0, 0.1) is 0 Å². The van der Waals surface area contributed by atoms with Gasteiger partial charge in [-0.05, 0) is 50.0 Å². The molecule has 0 aliphatic carbocycles. The molecule has 1 N–H and O–H groups in total. The van der Waals surface area contributed by atoms with E-state index in [0.29, 0.717) is 0 Å². The number of nitrogens with zero attached hydrogens (tertiary/aromatic N) is 1. The van der Waals surface area contributed by atoms with Crippen LogP contribution in [0.4, 0.5) is 0 Å². The Balaban J connectivity index is 2.39. The standard InChI is InChI=1S/C16H23NO3/c1-3-16(12-15(18)19,17-10-4-5-11-17)13-6-8-14(20-2)9-7-13/h6-9H,3-5,10-12H2,1-2H3,(H,18,19). The summed E-state index contributed by atoms with van der Waals surface area (Å²) in [7, 11) is 1.64. The van der Waals surface area contributed by atoms with Crippen LogP contribution in [0.15, 0.2) is 24.3 Å². The van der Waals surface area contributed by atoms with E-state index in [0.717, 1.165) is 43.7 Å². The zero-order chi connectivity index (χ0) is 14.6. The molecule has 1 aliphatic rings. The van der Waals surface area contributed by atoms with Gasteiger partial charge in [0.2, 0.25) is 0 Å². The summed E-state index contributed by atoms with van der Waals surface area (Å²) in [6.45, 7) is 4.03. The van der Waals surface area contributed by atoms with E-state index in [9.17, 15) is 9.90 Å². The molecule has 0 spiro atoms. The molecular weight excluding hydrogens is 254 g/mol. The molecule has 0 amide bonds. The Morgan fingerprint density at radius 1 is 1.30 bits per heavy atom. The van der Waals surface area contributed by atoms with Crippen molar-refractivity contribution in [1.29, 1.82) is 0 Å². The fraction of sp³-hybridized carbons (Fsp3) is 0.562. The fourth-order valence-electron chi connectivity index (χ4n) is 3.25. The number of carbonyl (C=O) groups is 1. The summed E-state index contributed by atoms with van der Waals surface area (Å²) in [6, 6.07) is 7.84. The first-order valence-electron chi connectivity index (χ1n) is 7.24. The first kappa shape index (κ1) is 14.9. The molecule has 0 aromatic heterocycles. The fourth-order valence-corrected chi connectivity index (χ4v) is 3.25. The van der Waals surface area contributed by atoms with Crippen LogP contribution in [0.3, 0.4) is 0 Å². The highest BCUT2D eigenvalue weighted by Gasteiger charge is 2.40. The van der Waals surface area contributed by atoms with Crippen LogP contribution in [0.2, 0.25) is 0 Å². The molecule has 4 nitrogen and oxygen atoms in total. The lowest BCUT2D eigenvalue weighted by Gasteiger charge is -2.41. The zero-order valence-corrected chi connectivity index (χ0v) is 12.3. The maximum Gasteiger partial charge on any atom is 0.305 e. The molecule has 20 heavy (non-hydrogen) atoms. The SMILES string of the molecule is CCC(CC(=O)O)(c1ccc(OC)cc1)N1CCCC1. The van der Waals surface area contributed by atoms with E-state index in [1.54, 1.807) is 7.11 Å². The second kappa shape index (κ2) is 6.27. The van der Waals surface area contributed by atoms with Crippen molar-refractivity contribution in [1.82, 2.24) is 4.90 Å². The third kappa shape index (κ3) is 2.80. The molecule has 4 heteroatoms. The number of carboxylic acid groups (broad SMARTS) is 1. The smallest absolute Gasteiger partial charge is 0.305 e. The second-order valence-corrected chi connectivity index (χ2v) is 5.38. The van der Waals surface area contributed by atoms with Crippen LogP contribution in [0.5, 0.6) is 5.75 Å². The van der Waals surface area contributed by atoms with Gasteiger partial charge in [-0.15, -0.1) is 0 Å². The predicted octanol–water partition coefficient (Wildman–Crippen LogP) is 2.87. The zero-order valence-electron chi connectivity index (χ0n) is 12.3. The number of benzene rings is 1. The van der Waals surface area contributed by atoms with Gasteiger partial charge < -0.3 is 9.84 Å². The van der Waals surface area contributed by atoms with Gasteiger partial charge in [0.1, 0.15) is 5.75 Å². The Kier molecular flexibility index (Phi) is 4.65. The molecule has 2 rings (SSSR count). The molecule has 1 heterocycles. The van der Waals surface area contributed by atoms with Crippen LogP contribution in [0.25, 0.3) is 0 Å². The molecule has 1 unspecified atom stereocenters. The van der Waals surface area contributed by atoms with Crippen molar-refractivity contribution in [3.8, 4) is 5.75 Å². The van der Waals surface area contributed by atoms with Gasteiger partial charge in [-0.1, -0.05) is 19.1 Å². The molecule has 1 atom stereocenters. The van der Waals surface area contributed by atoms with Crippen molar-refractivity contribution in [2.45, 2.75) is 38.1 Å². The maximum absolute atomic E-state index is 11.4. The van der Waals surface area contributed by atoms with Gasteiger partial charge in [0.15, 0.2) is 0 Å². The van der Waals surface area contributed by atoms with Crippen molar-refractivity contribution < 1.29 is 14.6 Å². The van der Waals surface area contributed by atoms with Gasteiger partial charge in [0, 0.05) is 0 Å². The van der Waals surface area contributed by atoms with Gasteiger partial charge in [0.05, 0.1) is 19.1 Å². The lowest BCUT2D eigenvalue weighted by molar-refractivity contribution is -0.140. The number of hydrogen-bond acceptors (Lipinski definition) is 3. The highest BCUT2D eigenvalue weighted by Crippen LogP contribution is 2.38. The third-order valence-corrected chi connectivity index (χ3v) is 4.37. The molecule has 110 valence electrons. The van der Waals surface area contributed by atoms with Gasteiger partial charge in [-0.2, -0.15) is 0 Å². The number of carboxylic acids is 1. The minimum atomic E-state index is -0.741. The minimum absolute atomic E-state index is 0.149. The molecule has 1 fully saturated rings. The van der Waals surface area contributed by atoms with Crippen molar-refractivity contribution in [3.05, 3.63) is 29.8 Å². The summed E-state index contributed by atoms with van der Waals surface area (Å²) in [5.41, 5.74) is 0.680. The van der Waals surface area contributed by atoms with Gasteiger partial charge in [-0.25, -0.2) is 0 Å². The van der Waals surface area contributed by atoms with Gasteiger partial charge >= 0.3 is 5.97 Å². The summed E-state index contributed by atoms with van der Waals surface area (Å²) < 4.78 is 5.19. The normalized spacial score (nSPS) is 18.7. The third-order valence-electron chi connectivity index (χ3n) is 4.37. The van der Waals surface area contributed by atoms with Crippen LogP contribution in [-0.2, 0) is 10.3 Å². The van der Waals surface area contributed by atoms with E-state index in [2.05, 4.69) is 11.8 Å². The highest BCUT2D eigenvalue weighted by molar-refractivity contribution is 5.69. The highest BCUT2D eigenvalue weighted by atomic mass is 16.5. The summed E-state index contributed by atoms with van der Waals surface area (Å²) in [5.74, 6) is 0.0602. The Morgan fingerprint density at radius 2 is 1.90 bits per heavy atom. The average molecular weight is 277 g/mol. The van der Waals surface area contributed by atoms with Crippen LogP contribution < -0.4 is 4.74 Å². The van der Waals surface area contributed by atoms with E-state index >= 15 is 0 Å². The molecule has 0 bridgehead atoms. The van der Waals surface area contributed by atoms with Crippen molar-refractivity contribution in [2.24, 2.45) is 0 Å². The van der Waals surface area contributed by atoms with E-state index in [-0.39, 0.29) is 6.42 Å². The first-order chi connectivity index (χ1) is 9.62. The van der Waals surface area contributed by atoms with Crippen LogP contribution in [-0.4, -0.2) is 36.2 Å². The molecule has 1 saturated heterocycles. The topological polar surface area (TPSA) is 49.8 Å². The van der Waals surface area contributed by atoms with E-state index in [4.69, 9.17) is 4.74 Å². The second-order valence-electron chi connectivity index (χ2n) is 5.38. The Morgan fingerprint density at radius 3 is 2.35 bits per heavy atom. The van der Waals surface area contributed by atoms with E-state index in [1.807, 2.05) is 24.3 Å². The van der Waals surface area contributed by atoms with Crippen LogP contribution in [0.1, 0.15) is 38.2 Å². The number of likely N-dealkylation sites (tertiary alicyclic amines) is 1. The Hall–Kier alpha value is -1.55. The van der Waals surface area contributed by atoms with Crippen molar-refractivity contribution in [2.75, 3.05) is 20.2 Å². The number of aliphatic carboxylic acids is 1. The quantitative estimate of drug-likeness (QED) is 0.868. The van der Waals surface area contributed by atoms with E-state index < -0.39 is 11.5 Å². The number of ether oxygens (including phenoxy) is 1. The van der Waals surface area contributed by atoms with Crippen molar-refractivity contribution in [3.63, 3.8) is 0 Å².